The van der Waals surface area contributed by atoms with Gasteiger partial charge in [-0.3, -0.25) is 9.59 Å². The molecule has 1 atom stereocenters. The average Bonchev–Trinajstić information content (AvgIpc) is 2.85. The zero-order chi connectivity index (χ0) is 24.8. The summed E-state index contributed by atoms with van der Waals surface area (Å²) in [5.74, 6) is -0.558. The molecule has 0 fully saturated rings. The number of carbonyl (C=O) groups is 3. The van der Waals surface area contributed by atoms with Gasteiger partial charge in [0.2, 0.25) is 11.8 Å². The number of hydrogen-bond donors (Lipinski definition) is 2. The average molecular weight is 488 g/mol. The Hall–Kier alpha value is -3.46. The third-order valence-corrected chi connectivity index (χ3v) is 5.20. The highest BCUT2D eigenvalue weighted by Gasteiger charge is 2.24. The van der Waals surface area contributed by atoms with E-state index in [1.54, 1.807) is 0 Å². The normalized spacial score (nSPS) is 11.2. The minimum Gasteiger partial charge on any atom is -0.350 e. The standard InChI is InChI=1S/C24H30ClN5O4/c1-19(31)27-22(23(32)26-17-20-9-4-2-5-10-20)13-8-15-29(18-21-11-6-3-7-12-21)24(33)30(28-34)16-14-25/h2-7,9-12,22H,8,13-18H2,1H3,(H,26,32)(H,27,31)/t22-/m0/s1. The third kappa shape index (κ3) is 9.19. The first kappa shape index (κ1) is 26.8. The first-order valence-electron chi connectivity index (χ1n) is 11.0. The molecule has 0 aliphatic heterocycles. The molecule has 2 aromatic rings. The summed E-state index contributed by atoms with van der Waals surface area (Å²) in [5.41, 5.74) is 1.82. The molecule has 0 saturated heterocycles. The van der Waals surface area contributed by atoms with Gasteiger partial charge in [0.15, 0.2) is 0 Å². The molecular formula is C24H30ClN5O4. The zero-order valence-electron chi connectivity index (χ0n) is 19.2. The Morgan fingerprint density at radius 3 is 2.15 bits per heavy atom. The van der Waals surface area contributed by atoms with Crippen LogP contribution in [0, 0.1) is 4.91 Å². The fourth-order valence-corrected chi connectivity index (χ4v) is 3.53. The van der Waals surface area contributed by atoms with Crippen LogP contribution in [0.25, 0.3) is 0 Å². The summed E-state index contributed by atoms with van der Waals surface area (Å²) in [7, 11) is 0. The van der Waals surface area contributed by atoms with Crippen molar-refractivity contribution >= 4 is 29.4 Å². The molecule has 0 radical (unpaired) electrons. The van der Waals surface area contributed by atoms with Gasteiger partial charge < -0.3 is 15.5 Å². The van der Waals surface area contributed by atoms with Crippen LogP contribution >= 0.6 is 11.6 Å². The van der Waals surface area contributed by atoms with Crippen LogP contribution in [0.5, 0.6) is 0 Å². The molecule has 0 aromatic heterocycles. The van der Waals surface area contributed by atoms with Crippen LogP contribution in [0.4, 0.5) is 4.79 Å². The third-order valence-electron chi connectivity index (χ3n) is 5.03. The Morgan fingerprint density at radius 1 is 0.971 bits per heavy atom. The van der Waals surface area contributed by atoms with Crippen molar-refractivity contribution in [3.63, 3.8) is 0 Å². The second kappa shape index (κ2) is 14.6. The van der Waals surface area contributed by atoms with Gasteiger partial charge in [-0.25, -0.2) is 4.79 Å². The topological polar surface area (TPSA) is 111 Å². The van der Waals surface area contributed by atoms with E-state index >= 15 is 0 Å². The van der Waals surface area contributed by atoms with Gasteiger partial charge in [-0.1, -0.05) is 60.7 Å². The predicted octanol–water partition coefficient (Wildman–Crippen LogP) is 3.43. The van der Waals surface area contributed by atoms with Gasteiger partial charge in [0.1, 0.15) is 6.04 Å². The van der Waals surface area contributed by atoms with E-state index < -0.39 is 12.1 Å². The number of amides is 4. The molecule has 4 amide bonds. The first-order valence-corrected chi connectivity index (χ1v) is 11.6. The summed E-state index contributed by atoms with van der Waals surface area (Å²) in [6.07, 6.45) is 0.721. The van der Waals surface area contributed by atoms with Crippen LogP contribution in [-0.2, 0) is 22.7 Å². The van der Waals surface area contributed by atoms with E-state index in [2.05, 4.69) is 15.9 Å². The molecule has 0 saturated carbocycles. The highest BCUT2D eigenvalue weighted by atomic mass is 35.5. The van der Waals surface area contributed by atoms with Gasteiger partial charge in [-0.15, -0.1) is 16.5 Å². The van der Waals surface area contributed by atoms with Crippen molar-refractivity contribution in [2.75, 3.05) is 19.0 Å². The molecule has 10 heteroatoms. The van der Waals surface area contributed by atoms with Gasteiger partial charge in [-0.05, 0) is 24.0 Å². The van der Waals surface area contributed by atoms with E-state index in [0.29, 0.717) is 19.4 Å². The second-order valence-electron chi connectivity index (χ2n) is 7.68. The van der Waals surface area contributed by atoms with Crippen molar-refractivity contribution in [1.29, 1.82) is 0 Å². The molecule has 0 heterocycles. The van der Waals surface area contributed by atoms with Gasteiger partial charge in [-0.2, -0.15) is 5.01 Å². The number of urea groups is 1. The van der Waals surface area contributed by atoms with Crippen LogP contribution < -0.4 is 10.6 Å². The number of carbonyl (C=O) groups excluding carboxylic acids is 3. The fraction of sp³-hybridized carbons (Fsp3) is 0.375. The van der Waals surface area contributed by atoms with Crippen LogP contribution in [0.2, 0.25) is 0 Å². The van der Waals surface area contributed by atoms with Crippen molar-refractivity contribution in [2.24, 2.45) is 5.29 Å². The maximum absolute atomic E-state index is 12.9. The Morgan fingerprint density at radius 2 is 1.59 bits per heavy atom. The van der Waals surface area contributed by atoms with Crippen LogP contribution in [0.3, 0.4) is 0 Å². The predicted molar refractivity (Wildman–Crippen MR) is 131 cm³/mol. The quantitative estimate of drug-likeness (QED) is 0.256. The van der Waals surface area contributed by atoms with Crippen molar-refractivity contribution in [1.82, 2.24) is 20.5 Å². The van der Waals surface area contributed by atoms with Gasteiger partial charge in [0.05, 0.1) is 11.8 Å². The van der Waals surface area contributed by atoms with Crippen LogP contribution in [0.15, 0.2) is 65.9 Å². The molecule has 2 N–H and O–H groups in total. The number of halogens is 1. The van der Waals surface area contributed by atoms with Crippen molar-refractivity contribution in [3.05, 3.63) is 76.7 Å². The number of hydrogen-bond acceptors (Lipinski definition) is 5. The smallest absolute Gasteiger partial charge is 0.343 e. The molecular weight excluding hydrogens is 458 g/mol. The van der Waals surface area contributed by atoms with Gasteiger partial charge in [0, 0.05) is 32.4 Å². The summed E-state index contributed by atoms with van der Waals surface area (Å²) < 4.78 is 0. The monoisotopic (exact) mass is 487 g/mol. The summed E-state index contributed by atoms with van der Waals surface area (Å²) in [4.78, 5) is 49.9. The lowest BCUT2D eigenvalue weighted by Crippen LogP contribution is -2.46. The molecule has 2 rings (SSSR count). The Bertz CT molecular complexity index is 929. The Balaban J connectivity index is 2.02. The summed E-state index contributed by atoms with van der Waals surface area (Å²) in [6.45, 7) is 2.20. The first-order chi connectivity index (χ1) is 16.4. The largest absolute Gasteiger partial charge is 0.350 e. The molecule has 0 spiro atoms. The van der Waals surface area contributed by atoms with E-state index in [9.17, 15) is 19.3 Å². The molecule has 182 valence electrons. The number of benzene rings is 2. The number of nitrogens with zero attached hydrogens (tertiary/aromatic N) is 3. The minimum absolute atomic E-state index is 0.00835. The number of rotatable bonds is 13. The maximum atomic E-state index is 12.9. The lowest BCUT2D eigenvalue weighted by Gasteiger charge is -2.27. The molecule has 9 nitrogen and oxygen atoms in total. The van der Waals surface area contributed by atoms with E-state index in [-0.39, 0.29) is 37.3 Å². The summed E-state index contributed by atoms with van der Waals surface area (Å²) in [5, 5.41) is 9.08. The highest BCUT2D eigenvalue weighted by molar-refractivity contribution is 6.18. The lowest BCUT2D eigenvalue weighted by atomic mass is 10.1. The highest BCUT2D eigenvalue weighted by Crippen LogP contribution is 2.11. The Labute approximate surface area is 204 Å². The molecule has 0 bridgehead atoms. The fourth-order valence-electron chi connectivity index (χ4n) is 3.37. The molecule has 0 aliphatic carbocycles. The number of nitrogens with one attached hydrogen (secondary N) is 2. The van der Waals surface area contributed by atoms with E-state index in [1.165, 1.54) is 11.8 Å². The van der Waals surface area contributed by atoms with Crippen molar-refractivity contribution in [3.8, 4) is 0 Å². The number of alkyl halides is 1. The lowest BCUT2D eigenvalue weighted by molar-refractivity contribution is -0.128. The SMILES string of the molecule is CC(=O)N[C@@H](CCCN(Cc1ccccc1)C(=O)N(CCCl)N=O)C(=O)NCc1ccccc1. The molecule has 34 heavy (non-hydrogen) atoms. The van der Waals surface area contributed by atoms with Crippen LogP contribution in [0.1, 0.15) is 30.9 Å². The van der Waals surface area contributed by atoms with E-state index in [0.717, 1.165) is 16.1 Å². The van der Waals surface area contributed by atoms with Crippen LogP contribution in [-0.4, -0.2) is 52.8 Å². The second-order valence-corrected chi connectivity index (χ2v) is 8.06. The van der Waals surface area contributed by atoms with Crippen molar-refractivity contribution < 1.29 is 14.4 Å². The van der Waals surface area contributed by atoms with E-state index in [4.69, 9.17) is 11.6 Å². The molecule has 2 aromatic carbocycles. The van der Waals surface area contributed by atoms with Crippen molar-refractivity contribution in [2.45, 2.75) is 38.9 Å². The summed E-state index contributed by atoms with van der Waals surface area (Å²) >= 11 is 5.69. The molecule has 0 unspecified atom stereocenters. The van der Waals surface area contributed by atoms with Gasteiger partial charge >= 0.3 is 6.03 Å². The zero-order valence-corrected chi connectivity index (χ0v) is 19.9. The Kier molecular flexibility index (Phi) is 11.5. The minimum atomic E-state index is -0.752. The number of nitroso groups, excluding NO2 is 1. The molecule has 0 aliphatic rings. The van der Waals surface area contributed by atoms with E-state index in [1.807, 2.05) is 60.7 Å². The maximum Gasteiger partial charge on any atom is 0.343 e. The summed E-state index contributed by atoms with van der Waals surface area (Å²) in [6, 6.07) is 17.5. The van der Waals surface area contributed by atoms with Gasteiger partial charge in [0.25, 0.3) is 0 Å².